The predicted octanol–water partition coefficient (Wildman–Crippen LogP) is 4.70. The van der Waals surface area contributed by atoms with E-state index < -0.39 is 10.0 Å². The fourth-order valence-corrected chi connectivity index (χ4v) is 4.57. The summed E-state index contributed by atoms with van der Waals surface area (Å²) in [6.45, 7) is 5.67. The lowest BCUT2D eigenvalue weighted by molar-refractivity contribution is 0.102. The van der Waals surface area contributed by atoms with Crippen molar-refractivity contribution in [2.24, 2.45) is 0 Å². The lowest BCUT2D eigenvalue weighted by Crippen LogP contribution is -2.27. The third-order valence-corrected chi connectivity index (χ3v) is 7.03. The van der Waals surface area contributed by atoms with Gasteiger partial charge in [0.25, 0.3) is 15.9 Å². The highest BCUT2D eigenvalue weighted by atomic mass is 32.2. The maximum atomic E-state index is 13.1. The summed E-state index contributed by atoms with van der Waals surface area (Å²) in [5.41, 5.74) is 4.22. The first-order valence-electron chi connectivity index (χ1n) is 9.76. The first-order chi connectivity index (χ1) is 14.6. The van der Waals surface area contributed by atoms with Crippen LogP contribution in [0.4, 0.5) is 11.4 Å². The summed E-state index contributed by atoms with van der Waals surface area (Å²) in [6, 6.07) is 17.0. The zero-order chi connectivity index (χ0) is 22.8. The molecule has 0 spiro atoms. The number of anilines is 2. The highest BCUT2D eigenvalue weighted by Gasteiger charge is 2.23. The van der Waals surface area contributed by atoms with Gasteiger partial charge in [-0.25, -0.2) is 8.42 Å². The minimum absolute atomic E-state index is 0.139. The fourth-order valence-electron chi connectivity index (χ4n) is 3.32. The molecule has 0 aliphatic rings. The van der Waals surface area contributed by atoms with Gasteiger partial charge < -0.3 is 10.1 Å². The number of aryl methyl sites for hydroxylation is 3. The van der Waals surface area contributed by atoms with Crippen LogP contribution in [0.5, 0.6) is 5.75 Å². The molecule has 0 aliphatic heterocycles. The van der Waals surface area contributed by atoms with E-state index in [1.165, 1.54) is 30.6 Å². The Hall–Kier alpha value is -3.32. The van der Waals surface area contributed by atoms with E-state index in [1.54, 1.807) is 30.3 Å². The Kier molecular flexibility index (Phi) is 6.36. The van der Waals surface area contributed by atoms with Gasteiger partial charge in [-0.2, -0.15) is 0 Å². The average Bonchev–Trinajstić information content (AvgIpc) is 2.76. The summed E-state index contributed by atoms with van der Waals surface area (Å²) in [5.74, 6) is 0.275. The van der Waals surface area contributed by atoms with Gasteiger partial charge in [-0.1, -0.05) is 24.3 Å². The van der Waals surface area contributed by atoms with Gasteiger partial charge in [0.2, 0.25) is 0 Å². The van der Waals surface area contributed by atoms with Crippen molar-refractivity contribution in [1.29, 1.82) is 0 Å². The molecule has 0 saturated carbocycles. The number of carbonyl (C=O) groups excluding carboxylic acids is 1. The quantitative estimate of drug-likeness (QED) is 0.605. The molecule has 0 fully saturated rings. The molecule has 1 amide bonds. The van der Waals surface area contributed by atoms with Gasteiger partial charge in [-0.3, -0.25) is 9.10 Å². The Bertz CT molecular complexity index is 1200. The van der Waals surface area contributed by atoms with Crippen molar-refractivity contribution < 1.29 is 17.9 Å². The lowest BCUT2D eigenvalue weighted by Gasteiger charge is -2.22. The number of benzene rings is 3. The summed E-state index contributed by atoms with van der Waals surface area (Å²) in [7, 11) is -0.805. The molecule has 0 radical (unpaired) electrons. The SMILES string of the molecule is COc1ccc(S(=O)(=O)N(C)c2cc(C(=O)Nc3c(C)cccc3C)ccc2C)cc1. The molecular weight excluding hydrogens is 412 g/mol. The molecule has 0 atom stereocenters. The number of hydrogen-bond donors (Lipinski definition) is 1. The number of carbonyl (C=O) groups is 1. The van der Waals surface area contributed by atoms with Crippen LogP contribution in [0.15, 0.2) is 65.6 Å². The third kappa shape index (κ3) is 4.56. The van der Waals surface area contributed by atoms with Crippen molar-refractivity contribution in [1.82, 2.24) is 0 Å². The first kappa shape index (κ1) is 22.4. The van der Waals surface area contributed by atoms with E-state index in [4.69, 9.17) is 4.74 Å². The fraction of sp³-hybridized carbons (Fsp3) is 0.208. The second kappa shape index (κ2) is 8.81. The molecule has 0 saturated heterocycles. The molecule has 3 aromatic carbocycles. The van der Waals surface area contributed by atoms with Gasteiger partial charge in [0.15, 0.2) is 0 Å². The smallest absolute Gasteiger partial charge is 0.264 e. The van der Waals surface area contributed by atoms with Crippen LogP contribution < -0.4 is 14.4 Å². The Balaban J connectivity index is 1.93. The number of nitrogens with zero attached hydrogens (tertiary/aromatic N) is 1. The molecule has 6 nitrogen and oxygen atoms in total. The van der Waals surface area contributed by atoms with E-state index in [0.29, 0.717) is 17.0 Å². The van der Waals surface area contributed by atoms with Gasteiger partial charge >= 0.3 is 0 Å². The number of amides is 1. The van der Waals surface area contributed by atoms with Gasteiger partial charge in [0.1, 0.15) is 5.75 Å². The molecule has 162 valence electrons. The van der Waals surface area contributed by atoms with Crippen LogP contribution in [0.1, 0.15) is 27.0 Å². The summed E-state index contributed by atoms with van der Waals surface area (Å²) in [5, 5.41) is 2.94. The number of methoxy groups -OCH3 is 1. The zero-order valence-corrected chi connectivity index (χ0v) is 19.1. The number of para-hydroxylation sites is 1. The van der Waals surface area contributed by atoms with Crippen molar-refractivity contribution in [3.8, 4) is 5.75 Å². The average molecular weight is 439 g/mol. The minimum atomic E-state index is -3.81. The van der Waals surface area contributed by atoms with Crippen LogP contribution >= 0.6 is 0 Å². The molecule has 0 heterocycles. The molecule has 0 aliphatic carbocycles. The molecular formula is C24H26N2O4S. The number of sulfonamides is 1. The van der Waals surface area contributed by atoms with Crippen molar-refractivity contribution in [2.45, 2.75) is 25.7 Å². The third-order valence-electron chi connectivity index (χ3n) is 5.25. The monoisotopic (exact) mass is 438 g/mol. The lowest BCUT2D eigenvalue weighted by atomic mass is 10.1. The van der Waals surface area contributed by atoms with E-state index in [2.05, 4.69) is 5.32 Å². The number of ether oxygens (including phenoxy) is 1. The second-order valence-electron chi connectivity index (χ2n) is 7.37. The van der Waals surface area contributed by atoms with Gasteiger partial charge in [0.05, 0.1) is 17.7 Å². The van der Waals surface area contributed by atoms with Crippen molar-refractivity contribution in [2.75, 3.05) is 23.8 Å². The summed E-state index contributed by atoms with van der Waals surface area (Å²) in [4.78, 5) is 13.0. The highest BCUT2D eigenvalue weighted by Crippen LogP contribution is 2.28. The van der Waals surface area contributed by atoms with Crippen LogP contribution in [-0.2, 0) is 10.0 Å². The van der Waals surface area contributed by atoms with E-state index in [-0.39, 0.29) is 10.8 Å². The molecule has 31 heavy (non-hydrogen) atoms. The number of hydrogen-bond acceptors (Lipinski definition) is 4. The molecule has 0 bridgehead atoms. The van der Waals surface area contributed by atoms with Crippen LogP contribution in [0, 0.1) is 20.8 Å². The summed E-state index contributed by atoms with van der Waals surface area (Å²) < 4.78 is 32.6. The van der Waals surface area contributed by atoms with E-state index in [9.17, 15) is 13.2 Å². The Labute approximate surface area is 183 Å². The summed E-state index contributed by atoms with van der Waals surface area (Å²) in [6.07, 6.45) is 0. The Morgan fingerprint density at radius 1 is 0.903 bits per heavy atom. The van der Waals surface area contributed by atoms with Crippen molar-refractivity contribution >= 4 is 27.3 Å². The van der Waals surface area contributed by atoms with Gasteiger partial charge in [-0.05, 0) is 73.9 Å². The largest absolute Gasteiger partial charge is 0.497 e. The van der Waals surface area contributed by atoms with Crippen LogP contribution in [-0.4, -0.2) is 28.5 Å². The minimum Gasteiger partial charge on any atom is -0.497 e. The first-order valence-corrected chi connectivity index (χ1v) is 11.2. The Morgan fingerprint density at radius 2 is 1.52 bits per heavy atom. The van der Waals surface area contributed by atoms with Crippen LogP contribution in [0.2, 0.25) is 0 Å². The standard InChI is InChI=1S/C24H26N2O4S/c1-16-9-10-19(24(27)25-23-17(2)7-6-8-18(23)3)15-22(16)26(4)31(28,29)21-13-11-20(30-5)12-14-21/h6-15H,1-5H3,(H,25,27). The van der Waals surface area contributed by atoms with E-state index >= 15 is 0 Å². The number of rotatable bonds is 6. The molecule has 0 unspecified atom stereocenters. The molecule has 0 aromatic heterocycles. The molecule has 7 heteroatoms. The van der Waals surface area contributed by atoms with E-state index in [0.717, 1.165) is 22.4 Å². The second-order valence-corrected chi connectivity index (χ2v) is 9.34. The van der Waals surface area contributed by atoms with Gasteiger partial charge in [0, 0.05) is 18.3 Å². The van der Waals surface area contributed by atoms with E-state index in [1.807, 2.05) is 39.0 Å². The zero-order valence-electron chi connectivity index (χ0n) is 18.3. The molecule has 3 aromatic rings. The maximum absolute atomic E-state index is 13.1. The Morgan fingerprint density at radius 3 is 2.10 bits per heavy atom. The number of nitrogens with one attached hydrogen (secondary N) is 1. The molecule has 1 N–H and O–H groups in total. The van der Waals surface area contributed by atoms with Crippen LogP contribution in [0.3, 0.4) is 0 Å². The van der Waals surface area contributed by atoms with Crippen molar-refractivity contribution in [3.63, 3.8) is 0 Å². The van der Waals surface area contributed by atoms with Crippen LogP contribution in [0.25, 0.3) is 0 Å². The van der Waals surface area contributed by atoms with Crippen molar-refractivity contribution in [3.05, 3.63) is 82.9 Å². The summed E-state index contributed by atoms with van der Waals surface area (Å²) >= 11 is 0. The molecule has 3 rings (SSSR count). The predicted molar refractivity (Wildman–Crippen MR) is 124 cm³/mol. The van der Waals surface area contributed by atoms with Gasteiger partial charge in [-0.15, -0.1) is 0 Å². The highest BCUT2D eigenvalue weighted by molar-refractivity contribution is 7.92. The normalized spacial score (nSPS) is 11.1. The topological polar surface area (TPSA) is 75.7 Å². The maximum Gasteiger partial charge on any atom is 0.264 e.